The summed E-state index contributed by atoms with van der Waals surface area (Å²) in [5.41, 5.74) is 1.86. The molecule has 1 N–H and O–H groups in total. The molecule has 0 spiro atoms. The molecule has 0 aliphatic carbocycles. The number of halogens is 1. The van der Waals surface area contributed by atoms with Gasteiger partial charge in [-0.05, 0) is 23.6 Å². The maximum atomic E-state index is 6.07. The molecule has 3 aromatic rings. The van der Waals surface area contributed by atoms with Crippen LogP contribution >= 0.6 is 22.9 Å². The number of H-pyrrole nitrogens is 1. The molecule has 0 bridgehead atoms. The lowest BCUT2D eigenvalue weighted by Crippen LogP contribution is -1.86. The van der Waals surface area contributed by atoms with Gasteiger partial charge in [0.2, 0.25) is 0 Å². The molecule has 0 aliphatic heterocycles. The quantitative estimate of drug-likeness (QED) is 0.733. The minimum atomic E-state index is 0.700. The molecule has 0 radical (unpaired) electrons. The number of nitrogens with one attached hydrogen (secondary N) is 1. The first-order valence-electron chi connectivity index (χ1n) is 4.98. The molecule has 0 saturated carbocycles. The molecule has 0 unspecified atom stereocenters. The first kappa shape index (κ1) is 9.87. The van der Waals surface area contributed by atoms with Crippen molar-refractivity contribution in [1.29, 1.82) is 0 Å². The number of para-hydroxylation sites is 1. The molecule has 2 nitrogen and oxygen atoms in total. The van der Waals surface area contributed by atoms with Crippen molar-refractivity contribution < 1.29 is 0 Å². The summed E-state index contributed by atoms with van der Waals surface area (Å²) in [5, 5.41) is 2.77. The average Bonchev–Trinajstić information content (AvgIpc) is 2.88. The molecule has 1 aromatic carbocycles. The van der Waals surface area contributed by atoms with Gasteiger partial charge in [-0.2, -0.15) is 0 Å². The smallest absolute Gasteiger partial charge is 0.112 e. The molecule has 3 rings (SSSR count). The summed E-state index contributed by atoms with van der Waals surface area (Å²) in [6.45, 7) is 0. The first-order chi connectivity index (χ1) is 7.83. The number of hydrogen-bond acceptors (Lipinski definition) is 2. The monoisotopic (exact) mass is 248 g/mol. The molecule has 80 valence electrons. The molecule has 0 saturated heterocycles. The van der Waals surface area contributed by atoms with E-state index in [2.05, 4.69) is 27.5 Å². The van der Waals surface area contributed by atoms with Crippen LogP contribution in [0.15, 0.2) is 35.7 Å². The number of hydrogen-bond donors (Lipinski definition) is 1. The van der Waals surface area contributed by atoms with Crippen molar-refractivity contribution in [1.82, 2.24) is 9.97 Å². The summed E-state index contributed by atoms with van der Waals surface area (Å²) in [4.78, 5) is 9.09. The van der Waals surface area contributed by atoms with E-state index in [4.69, 9.17) is 11.6 Å². The first-order valence-corrected chi connectivity index (χ1v) is 6.24. The number of aromatic amines is 1. The van der Waals surface area contributed by atoms with Gasteiger partial charge in [0.05, 0.1) is 10.5 Å². The van der Waals surface area contributed by atoms with Crippen molar-refractivity contribution in [3.8, 4) is 0 Å². The largest absolute Gasteiger partial charge is 0.342 e. The van der Waals surface area contributed by atoms with E-state index in [0.29, 0.717) is 5.02 Å². The Bertz CT molecular complexity index is 613. The van der Waals surface area contributed by atoms with Gasteiger partial charge in [0.15, 0.2) is 0 Å². The average molecular weight is 249 g/mol. The lowest BCUT2D eigenvalue weighted by Gasteiger charge is -1.90. The van der Waals surface area contributed by atoms with Crippen LogP contribution in [0.3, 0.4) is 0 Å². The zero-order chi connectivity index (χ0) is 11.0. The van der Waals surface area contributed by atoms with Crippen LogP contribution in [-0.2, 0) is 6.42 Å². The van der Waals surface area contributed by atoms with Gasteiger partial charge >= 0.3 is 0 Å². The van der Waals surface area contributed by atoms with Crippen LogP contribution in [0.2, 0.25) is 5.02 Å². The van der Waals surface area contributed by atoms with E-state index in [-0.39, 0.29) is 0 Å². The van der Waals surface area contributed by atoms with Crippen molar-refractivity contribution in [2.24, 2.45) is 0 Å². The summed E-state index contributed by atoms with van der Waals surface area (Å²) in [6.07, 6.45) is 0.836. The Hall–Kier alpha value is -1.32. The van der Waals surface area contributed by atoms with Gasteiger partial charge in [0, 0.05) is 11.3 Å². The summed E-state index contributed by atoms with van der Waals surface area (Å²) < 4.78 is 0. The summed E-state index contributed by atoms with van der Waals surface area (Å²) in [6, 6.07) is 9.94. The Labute approximate surface area is 102 Å². The number of nitrogens with zero attached hydrogens (tertiary/aromatic N) is 1. The van der Waals surface area contributed by atoms with Crippen molar-refractivity contribution in [3.05, 3.63) is 51.4 Å². The summed E-state index contributed by atoms with van der Waals surface area (Å²) in [7, 11) is 0. The van der Waals surface area contributed by atoms with E-state index in [0.717, 1.165) is 23.3 Å². The third-order valence-corrected chi connectivity index (χ3v) is 3.62. The number of rotatable bonds is 2. The van der Waals surface area contributed by atoms with Crippen LogP contribution < -0.4 is 0 Å². The van der Waals surface area contributed by atoms with E-state index in [1.807, 2.05) is 18.2 Å². The van der Waals surface area contributed by atoms with Crippen molar-refractivity contribution in [3.63, 3.8) is 0 Å². The molecular weight excluding hydrogens is 240 g/mol. The van der Waals surface area contributed by atoms with Crippen LogP contribution in [0.4, 0.5) is 0 Å². The fourth-order valence-electron chi connectivity index (χ4n) is 1.71. The van der Waals surface area contributed by atoms with E-state index in [1.54, 1.807) is 11.3 Å². The summed E-state index contributed by atoms with van der Waals surface area (Å²) in [5.74, 6) is 0.963. The highest BCUT2D eigenvalue weighted by atomic mass is 35.5. The number of imidazole rings is 1. The number of thiophene rings is 1. The van der Waals surface area contributed by atoms with E-state index >= 15 is 0 Å². The fraction of sp³-hybridized carbons (Fsp3) is 0.0833. The molecule has 2 aromatic heterocycles. The number of benzene rings is 1. The third-order valence-electron chi connectivity index (χ3n) is 2.43. The van der Waals surface area contributed by atoms with E-state index in [1.165, 1.54) is 4.88 Å². The second-order valence-corrected chi connectivity index (χ2v) is 5.02. The zero-order valence-electron chi connectivity index (χ0n) is 8.40. The van der Waals surface area contributed by atoms with Crippen molar-refractivity contribution in [2.45, 2.75) is 6.42 Å². The molecular formula is C12H9ClN2S. The molecule has 4 heteroatoms. The minimum Gasteiger partial charge on any atom is -0.342 e. The predicted octanol–water partition coefficient (Wildman–Crippen LogP) is 3.87. The Balaban J connectivity index is 2.02. The van der Waals surface area contributed by atoms with Gasteiger partial charge < -0.3 is 4.98 Å². The molecule has 2 heterocycles. The molecule has 0 amide bonds. The Morgan fingerprint density at radius 2 is 2.19 bits per heavy atom. The fourth-order valence-corrected chi connectivity index (χ4v) is 2.64. The highest BCUT2D eigenvalue weighted by Crippen LogP contribution is 2.22. The summed E-state index contributed by atoms with van der Waals surface area (Å²) >= 11 is 7.81. The Kier molecular flexibility index (Phi) is 2.42. The van der Waals surface area contributed by atoms with Gasteiger partial charge in [-0.3, -0.25) is 0 Å². The van der Waals surface area contributed by atoms with E-state index < -0.39 is 0 Å². The Morgan fingerprint density at radius 3 is 2.94 bits per heavy atom. The molecule has 0 atom stereocenters. The van der Waals surface area contributed by atoms with Crippen molar-refractivity contribution >= 4 is 34.0 Å². The zero-order valence-corrected chi connectivity index (χ0v) is 9.98. The van der Waals surface area contributed by atoms with Gasteiger partial charge in [0.25, 0.3) is 0 Å². The van der Waals surface area contributed by atoms with Gasteiger partial charge in [-0.25, -0.2) is 4.98 Å². The SMILES string of the molecule is Clc1cccc2[nH]c(Cc3cccs3)nc12. The van der Waals surface area contributed by atoms with Crippen LogP contribution in [-0.4, -0.2) is 9.97 Å². The number of aromatic nitrogens is 2. The van der Waals surface area contributed by atoms with Gasteiger partial charge in [0.1, 0.15) is 11.3 Å². The molecule has 0 fully saturated rings. The topological polar surface area (TPSA) is 28.7 Å². The van der Waals surface area contributed by atoms with Gasteiger partial charge in [-0.1, -0.05) is 23.7 Å². The normalized spacial score (nSPS) is 11.1. The second kappa shape index (κ2) is 3.92. The van der Waals surface area contributed by atoms with E-state index in [9.17, 15) is 0 Å². The minimum absolute atomic E-state index is 0.700. The standard InChI is InChI=1S/C12H9ClN2S/c13-9-4-1-5-10-12(9)15-11(14-10)7-8-3-2-6-16-8/h1-6H,7H2,(H,14,15). The maximum Gasteiger partial charge on any atom is 0.112 e. The van der Waals surface area contributed by atoms with Crippen LogP contribution in [0.5, 0.6) is 0 Å². The second-order valence-electron chi connectivity index (χ2n) is 3.58. The van der Waals surface area contributed by atoms with Crippen LogP contribution in [0.25, 0.3) is 11.0 Å². The predicted molar refractivity (Wildman–Crippen MR) is 68.2 cm³/mol. The molecule has 16 heavy (non-hydrogen) atoms. The van der Waals surface area contributed by atoms with Crippen LogP contribution in [0, 0.1) is 0 Å². The third kappa shape index (κ3) is 1.72. The van der Waals surface area contributed by atoms with Crippen LogP contribution in [0.1, 0.15) is 10.7 Å². The van der Waals surface area contributed by atoms with Crippen molar-refractivity contribution in [2.75, 3.05) is 0 Å². The lowest BCUT2D eigenvalue weighted by atomic mass is 10.3. The lowest BCUT2D eigenvalue weighted by molar-refractivity contribution is 1.06. The Morgan fingerprint density at radius 1 is 1.25 bits per heavy atom. The highest BCUT2D eigenvalue weighted by Gasteiger charge is 2.06. The molecule has 0 aliphatic rings. The van der Waals surface area contributed by atoms with Gasteiger partial charge in [-0.15, -0.1) is 11.3 Å². The highest BCUT2D eigenvalue weighted by molar-refractivity contribution is 7.09. The maximum absolute atomic E-state index is 6.07. The number of fused-ring (bicyclic) bond motifs is 1.